The Morgan fingerprint density at radius 3 is 2.29 bits per heavy atom. The third kappa shape index (κ3) is 5.35. The summed E-state index contributed by atoms with van der Waals surface area (Å²) in [5, 5.41) is 6.56. The predicted molar refractivity (Wildman–Crippen MR) is 150 cm³/mol. The van der Waals surface area contributed by atoms with E-state index in [9.17, 15) is 9.59 Å². The first kappa shape index (κ1) is 24.2. The third-order valence-corrected chi connectivity index (χ3v) is 6.06. The number of nitrogens with two attached hydrogens (primary N) is 1. The molecule has 0 saturated carbocycles. The van der Waals surface area contributed by atoms with Crippen LogP contribution in [0.15, 0.2) is 97.3 Å². The van der Waals surface area contributed by atoms with Crippen molar-refractivity contribution in [3.8, 4) is 12.3 Å². The molecule has 4 N–H and O–H groups in total. The van der Waals surface area contributed by atoms with Gasteiger partial charge < -0.3 is 16.4 Å². The van der Waals surface area contributed by atoms with Crippen LogP contribution in [-0.2, 0) is 6.42 Å². The van der Waals surface area contributed by atoms with Crippen LogP contribution in [0.3, 0.4) is 0 Å². The highest BCUT2D eigenvalue weighted by Gasteiger charge is 2.12. The molecule has 0 bridgehead atoms. The third-order valence-electron chi connectivity index (χ3n) is 6.06. The van der Waals surface area contributed by atoms with Crippen molar-refractivity contribution in [3.63, 3.8) is 0 Å². The summed E-state index contributed by atoms with van der Waals surface area (Å²) in [6.45, 7) is 0. The number of rotatable bonds is 6. The molecule has 184 valence electrons. The van der Waals surface area contributed by atoms with E-state index in [1.54, 1.807) is 48.5 Å². The van der Waals surface area contributed by atoms with Crippen molar-refractivity contribution in [3.05, 3.63) is 125 Å². The first-order valence-electron chi connectivity index (χ1n) is 11.9. The van der Waals surface area contributed by atoms with Crippen molar-refractivity contribution in [2.45, 2.75) is 6.42 Å². The van der Waals surface area contributed by atoms with Crippen LogP contribution in [0.5, 0.6) is 0 Å². The molecule has 0 spiro atoms. The fraction of sp³-hybridized carbons (Fsp3) is 0.0323. The number of aromatic nitrogens is 2. The number of fused-ring (bicyclic) bond motifs is 1. The average Bonchev–Trinajstić information content (AvgIpc) is 2.94. The minimum absolute atomic E-state index is 0.302. The number of anilines is 3. The fourth-order valence-corrected chi connectivity index (χ4v) is 4.08. The van der Waals surface area contributed by atoms with Crippen LogP contribution in [0.1, 0.15) is 37.5 Å². The number of nitrogens with zero attached hydrogens (tertiary/aromatic N) is 2. The summed E-state index contributed by atoms with van der Waals surface area (Å²) in [7, 11) is 0. The van der Waals surface area contributed by atoms with Crippen molar-refractivity contribution in [1.29, 1.82) is 0 Å². The molecule has 0 saturated heterocycles. The second-order valence-corrected chi connectivity index (χ2v) is 8.65. The number of carbonyl (C=O) groups is 2. The van der Waals surface area contributed by atoms with Gasteiger partial charge in [0.2, 0.25) is 0 Å². The zero-order chi connectivity index (χ0) is 26.5. The molecular weight excluding hydrogens is 474 g/mol. The molecule has 1 heterocycles. The Hall–Kier alpha value is -5.48. The average molecular weight is 498 g/mol. The highest BCUT2D eigenvalue weighted by molar-refractivity contribution is 6.08. The quantitative estimate of drug-likeness (QED) is 0.218. The second kappa shape index (κ2) is 10.6. The van der Waals surface area contributed by atoms with Gasteiger partial charge in [-0.15, -0.1) is 6.42 Å². The summed E-state index contributed by atoms with van der Waals surface area (Å²) in [4.78, 5) is 34.2. The van der Waals surface area contributed by atoms with E-state index in [0.717, 1.165) is 22.2 Å². The van der Waals surface area contributed by atoms with Crippen LogP contribution in [0.2, 0.25) is 0 Å². The van der Waals surface area contributed by atoms with Gasteiger partial charge in [-0.05, 0) is 72.3 Å². The summed E-state index contributed by atoms with van der Waals surface area (Å²) < 4.78 is 0. The molecule has 0 radical (unpaired) electrons. The Labute approximate surface area is 219 Å². The lowest BCUT2D eigenvalue weighted by atomic mass is 10.0. The van der Waals surface area contributed by atoms with Crippen LogP contribution in [0, 0.1) is 12.3 Å². The summed E-state index contributed by atoms with van der Waals surface area (Å²) in [5.74, 6) is 2.04. The van der Waals surface area contributed by atoms with E-state index < -0.39 is 0 Å². The maximum atomic E-state index is 12.9. The number of nitrogen functional groups attached to an aromatic ring is 1. The van der Waals surface area contributed by atoms with E-state index in [1.807, 2.05) is 42.5 Å². The molecule has 0 atom stereocenters. The number of hydrogen-bond donors (Lipinski definition) is 3. The van der Waals surface area contributed by atoms with E-state index in [0.29, 0.717) is 40.1 Å². The molecule has 7 heteroatoms. The minimum atomic E-state index is -0.314. The van der Waals surface area contributed by atoms with E-state index in [2.05, 4.69) is 26.5 Å². The lowest BCUT2D eigenvalue weighted by molar-refractivity contribution is 0.101. The standard InChI is InChI=1S/C31H23N5O2/c1-2-20-6-5-7-21(16-20)17-28-25-15-14-24(18-29(25)34-19-33-28)35-30(37)22-10-12-23(13-11-22)31(38)36-27-9-4-3-8-26(27)32/h1,3-16,18-19H,17,32H2,(H,35,37)(H,36,38). The van der Waals surface area contributed by atoms with E-state index in [4.69, 9.17) is 12.2 Å². The Bertz CT molecular complexity index is 1700. The smallest absolute Gasteiger partial charge is 0.255 e. The van der Waals surface area contributed by atoms with Crippen molar-refractivity contribution in [1.82, 2.24) is 9.97 Å². The number of carbonyl (C=O) groups excluding carboxylic acids is 2. The number of para-hydroxylation sites is 2. The number of amides is 2. The van der Waals surface area contributed by atoms with Gasteiger partial charge in [0.1, 0.15) is 6.33 Å². The van der Waals surface area contributed by atoms with Gasteiger partial charge in [0.25, 0.3) is 11.8 Å². The molecule has 1 aromatic heterocycles. The molecule has 0 fully saturated rings. The van der Waals surface area contributed by atoms with Crippen LogP contribution < -0.4 is 16.4 Å². The number of terminal acetylenes is 1. The Morgan fingerprint density at radius 2 is 1.55 bits per heavy atom. The minimum Gasteiger partial charge on any atom is -0.397 e. The molecule has 4 aromatic carbocycles. The van der Waals surface area contributed by atoms with Crippen molar-refractivity contribution < 1.29 is 9.59 Å². The summed E-state index contributed by atoms with van der Waals surface area (Å²) in [6.07, 6.45) is 7.65. The number of benzene rings is 4. The fourth-order valence-electron chi connectivity index (χ4n) is 4.08. The molecule has 0 aliphatic rings. The van der Waals surface area contributed by atoms with Crippen LogP contribution in [-0.4, -0.2) is 21.8 Å². The topological polar surface area (TPSA) is 110 Å². The second-order valence-electron chi connectivity index (χ2n) is 8.65. The summed E-state index contributed by atoms with van der Waals surface area (Å²) in [6, 6.07) is 26.7. The highest BCUT2D eigenvalue weighted by atomic mass is 16.2. The maximum Gasteiger partial charge on any atom is 0.255 e. The monoisotopic (exact) mass is 497 g/mol. The van der Waals surface area contributed by atoms with Gasteiger partial charge in [0.15, 0.2) is 0 Å². The molecule has 5 aromatic rings. The molecular formula is C31H23N5O2. The van der Waals surface area contributed by atoms with Gasteiger partial charge >= 0.3 is 0 Å². The lowest BCUT2D eigenvalue weighted by Gasteiger charge is -2.10. The number of nitrogens with one attached hydrogen (secondary N) is 2. The zero-order valence-electron chi connectivity index (χ0n) is 20.3. The summed E-state index contributed by atoms with van der Waals surface area (Å²) in [5.41, 5.74) is 11.8. The largest absolute Gasteiger partial charge is 0.397 e. The number of hydrogen-bond acceptors (Lipinski definition) is 5. The Balaban J connectivity index is 1.28. The van der Waals surface area contributed by atoms with Gasteiger partial charge in [-0.3, -0.25) is 9.59 Å². The lowest BCUT2D eigenvalue weighted by Crippen LogP contribution is -2.15. The molecule has 2 amide bonds. The predicted octanol–water partition coefficient (Wildman–Crippen LogP) is 5.29. The van der Waals surface area contributed by atoms with E-state index in [1.165, 1.54) is 6.33 Å². The molecule has 5 rings (SSSR count). The normalized spacial score (nSPS) is 10.5. The van der Waals surface area contributed by atoms with E-state index >= 15 is 0 Å². The maximum absolute atomic E-state index is 12.9. The molecule has 0 aliphatic heterocycles. The van der Waals surface area contributed by atoms with Gasteiger partial charge in [-0.1, -0.05) is 30.2 Å². The van der Waals surface area contributed by atoms with Crippen LogP contribution >= 0.6 is 0 Å². The first-order chi connectivity index (χ1) is 18.5. The Kier molecular flexibility index (Phi) is 6.79. The van der Waals surface area contributed by atoms with Crippen molar-refractivity contribution in [2.75, 3.05) is 16.4 Å². The van der Waals surface area contributed by atoms with Gasteiger partial charge in [-0.25, -0.2) is 9.97 Å². The first-order valence-corrected chi connectivity index (χ1v) is 11.9. The molecule has 7 nitrogen and oxygen atoms in total. The highest BCUT2D eigenvalue weighted by Crippen LogP contribution is 2.23. The summed E-state index contributed by atoms with van der Waals surface area (Å²) >= 11 is 0. The molecule has 38 heavy (non-hydrogen) atoms. The van der Waals surface area contributed by atoms with Gasteiger partial charge in [0.05, 0.1) is 22.6 Å². The van der Waals surface area contributed by atoms with Crippen LogP contribution in [0.25, 0.3) is 10.9 Å². The molecule has 0 aliphatic carbocycles. The van der Waals surface area contributed by atoms with E-state index in [-0.39, 0.29) is 11.8 Å². The SMILES string of the molecule is C#Cc1cccc(Cc2ncnc3cc(NC(=O)c4ccc(C(=O)Nc5ccccc5N)cc4)ccc23)c1. The van der Waals surface area contributed by atoms with Gasteiger partial charge in [0, 0.05) is 34.2 Å². The van der Waals surface area contributed by atoms with Gasteiger partial charge in [-0.2, -0.15) is 0 Å². The van der Waals surface area contributed by atoms with Crippen molar-refractivity contribution in [2.24, 2.45) is 0 Å². The van der Waals surface area contributed by atoms with Crippen molar-refractivity contribution >= 4 is 39.8 Å². The molecule has 0 unspecified atom stereocenters. The van der Waals surface area contributed by atoms with Crippen LogP contribution in [0.4, 0.5) is 17.1 Å². The zero-order valence-corrected chi connectivity index (χ0v) is 20.3. The Morgan fingerprint density at radius 1 is 0.816 bits per heavy atom.